The van der Waals surface area contributed by atoms with Crippen molar-refractivity contribution >= 4 is 23.7 Å². The Kier molecular flexibility index (Phi) is 7.44. The molecule has 1 amide bonds. The van der Waals surface area contributed by atoms with Crippen LogP contribution in [0.2, 0.25) is 0 Å². The van der Waals surface area contributed by atoms with Gasteiger partial charge in [0.25, 0.3) is 0 Å². The zero-order chi connectivity index (χ0) is 23.2. The second-order valence-corrected chi connectivity index (χ2v) is 8.87. The maximum Gasteiger partial charge on any atom is 0.246 e. The van der Waals surface area contributed by atoms with Gasteiger partial charge in [0.2, 0.25) is 5.91 Å². The van der Waals surface area contributed by atoms with E-state index in [0.717, 1.165) is 35.9 Å². The van der Waals surface area contributed by atoms with E-state index in [0.29, 0.717) is 24.0 Å². The van der Waals surface area contributed by atoms with Crippen molar-refractivity contribution in [2.24, 2.45) is 0 Å². The minimum Gasteiger partial charge on any atom is -0.338 e. The molecule has 1 atom stereocenters. The van der Waals surface area contributed by atoms with E-state index >= 15 is 0 Å². The highest BCUT2D eigenvalue weighted by Crippen LogP contribution is 2.29. The average Bonchev–Trinajstić information content (AvgIpc) is 2.85. The number of aryl methyl sites for hydroxylation is 1. The van der Waals surface area contributed by atoms with Crippen LogP contribution in [0.15, 0.2) is 60.0 Å². The lowest BCUT2D eigenvalue weighted by molar-refractivity contribution is -0.127. The Bertz CT molecular complexity index is 1160. The molecule has 33 heavy (non-hydrogen) atoms. The van der Waals surface area contributed by atoms with Crippen molar-refractivity contribution in [1.82, 2.24) is 19.9 Å². The van der Waals surface area contributed by atoms with Gasteiger partial charge in [0, 0.05) is 48.8 Å². The average molecular weight is 467 g/mol. The first-order valence-corrected chi connectivity index (χ1v) is 11.8. The standard InChI is InChI=1S/C25H24F2N4OS/c1-17-14-29-25(33-16-20-8-2-3-12-28-20)30-24(17)19-7-5-13-31(15-19)22(32)11-10-18-6-4-9-21(26)23(18)27/h2-4,6,8-12,14,19H,5,7,13,15-16H2,1H3. The number of hydrogen-bond donors (Lipinski definition) is 0. The molecule has 1 fully saturated rings. The minimum absolute atomic E-state index is 0.0538. The van der Waals surface area contributed by atoms with E-state index in [1.54, 1.807) is 11.1 Å². The lowest BCUT2D eigenvalue weighted by Gasteiger charge is -2.32. The lowest BCUT2D eigenvalue weighted by atomic mass is 9.92. The fourth-order valence-corrected chi connectivity index (χ4v) is 4.60. The van der Waals surface area contributed by atoms with E-state index in [-0.39, 0.29) is 17.4 Å². The molecule has 5 nitrogen and oxygen atoms in total. The van der Waals surface area contributed by atoms with Crippen molar-refractivity contribution in [3.8, 4) is 0 Å². The van der Waals surface area contributed by atoms with Crippen molar-refractivity contribution in [1.29, 1.82) is 0 Å². The number of carbonyl (C=O) groups excluding carboxylic acids is 1. The zero-order valence-electron chi connectivity index (χ0n) is 18.2. The van der Waals surface area contributed by atoms with Gasteiger partial charge in [-0.05, 0) is 49.6 Å². The molecule has 1 aliphatic rings. The fourth-order valence-electron chi connectivity index (χ4n) is 3.86. The van der Waals surface area contributed by atoms with Crippen LogP contribution >= 0.6 is 11.8 Å². The second kappa shape index (κ2) is 10.7. The van der Waals surface area contributed by atoms with Crippen LogP contribution < -0.4 is 0 Å². The maximum absolute atomic E-state index is 13.9. The molecule has 0 radical (unpaired) electrons. The van der Waals surface area contributed by atoms with Crippen LogP contribution in [0, 0.1) is 18.6 Å². The van der Waals surface area contributed by atoms with Gasteiger partial charge in [0.05, 0.1) is 11.4 Å². The summed E-state index contributed by atoms with van der Waals surface area (Å²) in [7, 11) is 0. The molecule has 0 bridgehead atoms. The normalized spacial score (nSPS) is 16.3. The first-order valence-electron chi connectivity index (χ1n) is 10.8. The molecule has 2 aromatic heterocycles. The molecule has 8 heteroatoms. The van der Waals surface area contributed by atoms with Crippen molar-refractivity contribution in [2.75, 3.05) is 13.1 Å². The first kappa shape index (κ1) is 23.0. The Morgan fingerprint density at radius 2 is 2.09 bits per heavy atom. The van der Waals surface area contributed by atoms with Crippen LogP contribution in [-0.2, 0) is 10.5 Å². The molecule has 0 N–H and O–H groups in total. The van der Waals surface area contributed by atoms with E-state index in [1.165, 1.54) is 36.0 Å². The third-order valence-electron chi connectivity index (χ3n) is 5.57. The Hall–Kier alpha value is -3.13. The van der Waals surface area contributed by atoms with Gasteiger partial charge in [-0.2, -0.15) is 0 Å². The summed E-state index contributed by atoms with van der Waals surface area (Å²) in [6.45, 7) is 3.13. The summed E-state index contributed by atoms with van der Waals surface area (Å²) >= 11 is 1.53. The summed E-state index contributed by atoms with van der Waals surface area (Å²) in [6, 6.07) is 9.72. The first-order chi connectivity index (χ1) is 16.0. The van der Waals surface area contributed by atoms with Gasteiger partial charge in [-0.3, -0.25) is 9.78 Å². The molecule has 0 spiro atoms. The number of benzene rings is 1. The molecular weight excluding hydrogens is 442 g/mol. The van der Waals surface area contributed by atoms with Gasteiger partial charge in [0.1, 0.15) is 0 Å². The number of amides is 1. The molecule has 1 aliphatic heterocycles. The number of carbonyl (C=O) groups is 1. The molecule has 1 saturated heterocycles. The highest BCUT2D eigenvalue weighted by Gasteiger charge is 2.26. The summed E-state index contributed by atoms with van der Waals surface area (Å²) in [5.41, 5.74) is 2.96. The van der Waals surface area contributed by atoms with E-state index in [2.05, 4.69) is 9.97 Å². The molecule has 1 aromatic carbocycles. The van der Waals surface area contributed by atoms with Gasteiger partial charge in [-0.1, -0.05) is 30.0 Å². The number of aromatic nitrogens is 3. The van der Waals surface area contributed by atoms with E-state index in [4.69, 9.17) is 4.98 Å². The van der Waals surface area contributed by atoms with E-state index < -0.39 is 11.6 Å². The van der Waals surface area contributed by atoms with E-state index in [1.807, 2.05) is 31.3 Å². The van der Waals surface area contributed by atoms with Gasteiger partial charge >= 0.3 is 0 Å². The van der Waals surface area contributed by atoms with Crippen LogP contribution in [0.5, 0.6) is 0 Å². The van der Waals surface area contributed by atoms with Crippen LogP contribution in [-0.4, -0.2) is 38.8 Å². The fraction of sp³-hybridized carbons (Fsp3) is 0.280. The van der Waals surface area contributed by atoms with Crippen molar-refractivity contribution in [3.63, 3.8) is 0 Å². The highest BCUT2D eigenvalue weighted by molar-refractivity contribution is 7.98. The van der Waals surface area contributed by atoms with Crippen molar-refractivity contribution < 1.29 is 13.6 Å². The summed E-state index contributed by atoms with van der Waals surface area (Å²) in [5, 5.41) is 0.686. The summed E-state index contributed by atoms with van der Waals surface area (Å²) in [6.07, 6.45) is 8.00. The van der Waals surface area contributed by atoms with Gasteiger partial charge in [-0.25, -0.2) is 18.7 Å². The number of likely N-dealkylation sites (tertiary alicyclic amines) is 1. The summed E-state index contributed by atoms with van der Waals surface area (Å²) < 4.78 is 27.3. The predicted octanol–water partition coefficient (Wildman–Crippen LogP) is 5.17. The van der Waals surface area contributed by atoms with Crippen LogP contribution in [0.1, 0.15) is 41.3 Å². The zero-order valence-corrected chi connectivity index (χ0v) is 19.1. The van der Waals surface area contributed by atoms with Crippen LogP contribution in [0.4, 0.5) is 8.78 Å². The third kappa shape index (κ3) is 5.82. The number of nitrogens with zero attached hydrogens (tertiary/aromatic N) is 4. The Balaban J connectivity index is 1.43. The number of hydrogen-bond acceptors (Lipinski definition) is 5. The molecule has 3 heterocycles. The van der Waals surface area contributed by atoms with Gasteiger partial charge < -0.3 is 4.90 Å². The quantitative estimate of drug-likeness (QED) is 0.285. The Morgan fingerprint density at radius 3 is 2.91 bits per heavy atom. The molecule has 3 aromatic rings. The molecule has 0 aliphatic carbocycles. The predicted molar refractivity (Wildman–Crippen MR) is 125 cm³/mol. The van der Waals surface area contributed by atoms with Gasteiger partial charge in [0.15, 0.2) is 16.8 Å². The van der Waals surface area contributed by atoms with Crippen LogP contribution in [0.3, 0.4) is 0 Å². The highest BCUT2D eigenvalue weighted by atomic mass is 32.2. The van der Waals surface area contributed by atoms with Crippen molar-refractivity contribution in [2.45, 2.75) is 36.6 Å². The molecule has 1 unspecified atom stereocenters. The van der Waals surface area contributed by atoms with Crippen molar-refractivity contribution in [3.05, 3.63) is 89.0 Å². The smallest absolute Gasteiger partial charge is 0.246 e. The Morgan fingerprint density at radius 1 is 1.21 bits per heavy atom. The number of halogens is 2. The SMILES string of the molecule is Cc1cnc(SCc2ccccn2)nc1C1CCCN(C(=O)C=Cc2cccc(F)c2F)C1. The molecular formula is C25H24F2N4OS. The number of pyridine rings is 1. The molecule has 170 valence electrons. The topological polar surface area (TPSA) is 59.0 Å². The minimum atomic E-state index is -0.953. The maximum atomic E-state index is 13.9. The van der Waals surface area contributed by atoms with Crippen LogP contribution in [0.25, 0.3) is 6.08 Å². The lowest BCUT2D eigenvalue weighted by Crippen LogP contribution is -2.38. The molecule has 0 saturated carbocycles. The second-order valence-electron chi connectivity index (χ2n) is 7.93. The van der Waals surface area contributed by atoms with Gasteiger partial charge in [-0.15, -0.1) is 0 Å². The summed E-state index contributed by atoms with van der Waals surface area (Å²) in [4.78, 5) is 28.1. The monoisotopic (exact) mass is 466 g/mol. The Labute approximate surface area is 196 Å². The van der Waals surface area contributed by atoms with E-state index in [9.17, 15) is 13.6 Å². The summed E-state index contributed by atoms with van der Waals surface area (Å²) in [5.74, 6) is -1.33. The number of thioether (sulfide) groups is 1. The molecule has 4 rings (SSSR count). The number of rotatable bonds is 6. The largest absolute Gasteiger partial charge is 0.338 e. The number of piperidine rings is 1. The third-order valence-corrected chi connectivity index (χ3v) is 6.47.